The Morgan fingerprint density at radius 3 is 2.30 bits per heavy atom. The number of aryl methyl sites for hydroxylation is 1. The second kappa shape index (κ2) is 6.04. The van der Waals surface area contributed by atoms with Gasteiger partial charge in [0.2, 0.25) is 5.91 Å². The maximum Gasteiger partial charge on any atom is 0.336 e. The van der Waals surface area contributed by atoms with Crippen LogP contribution >= 0.6 is 0 Å². The lowest BCUT2D eigenvalue weighted by molar-refractivity contribution is -0.125. The summed E-state index contributed by atoms with van der Waals surface area (Å²) in [5, 5.41) is 9.09. The fraction of sp³-hybridized carbons (Fsp3) is 0.385. The minimum atomic E-state index is -3.84. The van der Waals surface area contributed by atoms with Crippen LogP contribution in [0, 0.1) is 0 Å². The molecule has 0 saturated carbocycles. The molecule has 7 heteroatoms. The molecule has 0 aromatic heterocycles. The average molecular weight is 299 g/mol. The van der Waals surface area contributed by atoms with Crippen LogP contribution in [-0.4, -0.2) is 50.1 Å². The van der Waals surface area contributed by atoms with Crippen molar-refractivity contribution >= 4 is 21.7 Å². The van der Waals surface area contributed by atoms with Crippen LogP contribution in [0.5, 0.6) is 0 Å². The summed E-state index contributed by atoms with van der Waals surface area (Å²) in [6.07, 6.45) is 0.485. The number of rotatable bonds is 5. The second-order valence-corrected chi connectivity index (χ2v) is 6.51. The molecule has 6 nitrogen and oxygen atoms in total. The Labute approximate surface area is 117 Å². The van der Waals surface area contributed by atoms with Gasteiger partial charge in [-0.3, -0.25) is 4.79 Å². The third-order valence-corrected chi connectivity index (χ3v) is 4.46. The molecular formula is C13H17NO5S. The van der Waals surface area contributed by atoms with Gasteiger partial charge in [0.15, 0.2) is 9.84 Å². The zero-order valence-corrected chi connectivity index (χ0v) is 12.4. The first-order valence-corrected chi connectivity index (χ1v) is 7.63. The van der Waals surface area contributed by atoms with Gasteiger partial charge >= 0.3 is 5.97 Å². The summed E-state index contributed by atoms with van der Waals surface area (Å²) in [5.41, 5.74) is 0.501. The highest BCUT2D eigenvalue weighted by Gasteiger charge is 2.22. The van der Waals surface area contributed by atoms with Crippen molar-refractivity contribution in [2.45, 2.75) is 18.2 Å². The highest BCUT2D eigenvalue weighted by Crippen LogP contribution is 2.18. The second-order valence-electron chi connectivity index (χ2n) is 4.52. The zero-order chi connectivity index (χ0) is 15.5. The first kappa shape index (κ1) is 16.2. The predicted octanol–water partition coefficient (Wildman–Crippen LogP) is 0.809. The van der Waals surface area contributed by atoms with Crippen LogP contribution in [0.25, 0.3) is 0 Å². The Morgan fingerprint density at radius 2 is 1.85 bits per heavy atom. The van der Waals surface area contributed by atoms with E-state index in [4.69, 9.17) is 5.11 Å². The molecule has 0 bridgehead atoms. The average Bonchev–Trinajstić information content (AvgIpc) is 2.37. The topological polar surface area (TPSA) is 91.8 Å². The number of carboxylic acid groups (broad SMARTS) is 1. The van der Waals surface area contributed by atoms with Crippen LogP contribution in [-0.2, 0) is 21.1 Å². The van der Waals surface area contributed by atoms with Crippen LogP contribution in [0.2, 0.25) is 0 Å². The lowest BCUT2D eigenvalue weighted by Gasteiger charge is -2.11. The van der Waals surface area contributed by atoms with Crippen molar-refractivity contribution in [3.8, 4) is 0 Å². The number of amides is 1. The lowest BCUT2D eigenvalue weighted by Crippen LogP contribution is -2.29. The van der Waals surface area contributed by atoms with Gasteiger partial charge in [0.05, 0.1) is 10.5 Å². The zero-order valence-electron chi connectivity index (χ0n) is 11.6. The number of nitrogens with zero attached hydrogens (tertiary/aromatic N) is 1. The number of carboxylic acids is 1. The molecule has 1 amide bonds. The van der Waals surface area contributed by atoms with Gasteiger partial charge in [0.1, 0.15) is 5.75 Å². The minimum absolute atomic E-state index is 0.0501. The van der Waals surface area contributed by atoms with E-state index < -0.39 is 27.5 Å². The molecule has 110 valence electrons. The van der Waals surface area contributed by atoms with E-state index in [1.54, 1.807) is 6.92 Å². The lowest BCUT2D eigenvalue weighted by atomic mass is 10.1. The highest BCUT2D eigenvalue weighted by molar-refractivity contribution is 7.92. The third kappa shape index (κ3) is 3.57. The van der Waals surface area contributed by atoms with E-state index in [-0.39, 0.29) is 10.5 Å². The molecule has 0 saturated heterocycles. The molecule has 0 fully saturated rings. The highest BCUT2D eigenvalue weighted by atomic mass is 32.2. The molecule has 0 spiro atoms. The molecular weight excluding hydrogens is 282 g/mol. The molecule has 0 atom stereocenters. The van der Waals surface area contributed by atoms with Gasteiger partial charge in [-0.15, -0.1) is 0 Å². The normalized spacial score (nSPS) is 11.2. The number of aromatic carboxylic acids is 1. The monoisotopic (exact) mass is 299 g/mol. The van der Waals surface area contributed by atoms with Crippen molar-refractivity contribution in [3.63, 3.8) is 0 Å². The van der Waals surface area contributed by atoms with E-state index in [1.165, 1.54) is 31.1 Å². The molecule has 0 aliphatic carbocycles. The maximum absolute atomic E-state index is 12.1. The summed E-state index contributed by atoms with van der Waals surface area (Å²) < 4.78 is 24.2. The Hall–Kier alpha value is -1.89. The van der Waals surface area contributed by atoms with Crippen molar-refractivity contribution in [1.82, 2.24) is 4.90 Å². The minimum Gasteiger partial charge on any atom is -0.478 e. The van der Waals surface area contributed by atoms with Crippen LogP contribution in [0.4, 0.5) is 0 Å². The number of sulfone groups is 1. The molecule has 1 rings (SSSR count). The van der Waals surface area contributed by atoms with E-state index in [9.17, 15) is 18.0 Å². The van der Waals surface area contributed by atoms with E-state index in [2.05, 4.69) is 0 Å². The van der Waals surface area contributed by atoms with Gasteiger partial charge in [0.25, 0.3) is 0 Å². The van der Waals surface area contributed by atoms with E-state index in [1.807, 2.05) is 0 Å². The number of carbonyl (C=O) groups excluding carboxylic acids is 1. The largest absolute Gasteiger partial charge is 0.478 e. The van der Waals surface area contributed by atoms with Gasteiger partial charge in [0, 0.05) is 14.1 Å². The first-order chi connectivity index (χ1) is 9.19. The van der Waals surface area contributed by atoms with Gasteiger partial charge in [-0.1, -0.05) is 13.0 Å². The van der Waals surface area contributed by atoms with Crippen molar-refractivity contribution in [1.29, 1.82) is 0 Å². The van der Waals surface area contributed by atoms with Gasteiger partial charge < -0.3 is 10.0 Å². The summed E-state index contributed by atoms with van der Waals surface area (Å²) in [5.74, 6) is -2.41. The smallest absolute Gasteiger partial charge is 0.336 e. The summed E-state index contributed by atoms with van der Waals surface area (Å²) >= 11 is 0. The van der Waals surface area contributed by atoms with Crippen molar-refractivity contribution < 1.29 is 23.1 Å². The molecule has 1 aromatic carbocycles. The fourth-order valence-corrected chi connectivity index (χ4v) is 2.95. The van der Waals surface area contributed by atoms with Crippen LogP contribution < -0.4 is 0 Å². The van der Waals surface area contributed by atoms with Crippen LogP contribution in [0.3, 0.4) is 0 Å². The molecule has 0 radical (unpaired) electrons. The number of carbonyl (C=O) groups is 2. The molecule has 0 aliphatic heterocycles. The first-order valence-electron chi connectivity index (χ1n) is 5.98. The Bertz CT molecular complexity index is 634. The quantitative estimate of drug-likeness (QED) is 0.868. The third-order valence-electron chi connectivity index (χ3n) is 2.86. The molecule has 1 aromatic rings. The van der Waals surface area contributed by atoms with E-state index in [0.717, 1.165) is 6.07 Å². The van der Waals surface area contributed by atoms with Gasteiger partial charge in [-0.05, 0) is 24.1 Å². The Balaban J connectivity index is 3.23. The summed E-state index contributed by atoms with van der Waals surface area (Å²) in [4.78, 5) is 23.7. The van der Waals surface area contributed by atoms with Gasteiger partial charge in [-0.2, -0.15) is 0 Å². The fourth-order valence-electron chi connectivity index (χ4n) is 1.63. The molecule has 0 unspecified atom stereocenters. The van der Waals surface area contributed by atoms with Crippen molar-refractivity contribution in [3.05, 3.63) is 29.3 Å². The van der Waals surface area contributed by atoms with Gasteiger partial charge in [-0.25, -0.2) is 13.2 Å². The van der Waals surface area contributed by atoms with E-state index >= 15 is 0 Å². The maximum atomic E-state index is 12.1. The standard InChI is InChI=1S/C13H17NO5S/c1-4-9-5-6-10(7-11(9)13(16)17)20(18,19)8-12(15)14(2)3/h5-7H,4,8H2,1-3H3,(H,16,17). The Kier molecular flexibility index (Phi) is 4.88. The van der Waals surface area contributed by atoms with Crippen LogP contribution in [0.15, 0.2) is 23.1 Å². The molecule has 1 N–H and O–H groups in total. The van der Waals surface area contributed by atoms with Crippen molar-refractivity contribution in [2.24, 2.45) is 0 Å². The summed E-state index contributed by atoms with van der Waals surface area (Å²) in [6.45, 7) is 1.78. The van der Waals surface area contributed by atoms with Crippen LogP contribution in [0.1, 0.15) is 22.8 Å². The molecule has 20 heavy (non-hydrogen) atoms. The summed E-state index contributed by atoms with van der Waals surface area (Å²) in [6, 6.07) is 3.92. The Morgan fingerprint density at radius 1 is 1.25 bits per heavy atom. The van der Waals surface area contributed by atoms with Crippen molar-refractivity contribution in [2.75, 3.05) is 19.8 Å². The predicted molar refractivity (Wildman–Crippen MR) is 73.5 cm³/mol. The van der Waals surface area contributed by atoms with E-state index in [0.29, 0.717) is 12.0 Å². The summed E-state index contributed by atoms with van der Waals surface area (Å²) in [7, 11) is -0.922. The molecule has 0 aliphatic rings. The molecule has 0 heterocycles. The SMILES string of the molecule is CCc1ccc(S(=O)(=O)CC(=O)N(C)C)cc1C(=O)O. The number of hydrogen-bond acceptors (Lipinski definition) is 4. The number of benzene rings is 1. The number of hydrogen-bond donors (Lipinski definition) is 1.